The van der Waals surface area contributed by atoms with Crippen LogP contribution >= 0.6 is 38.6 Å². The van der Waals surface area contributed by atoms with E-state index in [9.17, 15) is 0 Å². The van der Waals surface area contributed by atoms with Gasteiger partial charge in [0.1, 0.15) is 5.01 Å². The predicted octanol–water partition coefficient (Wildman–Crippen LogP) is 3.83. The zero-order valence-electron chi connectivity index (χ0n) is 9.16. The Morgan fingerprint density at radius 3 is 2.75 bits per heavy atom. The molecule has 2 nitrogen and oxygen atoms in total. The standard InChI is InChI=1S/C11H13BrN2S2/c1-6(13)5-9-7(2)14-11(16-9)8-3-4-10(12)15-8/h3-4,6H,5,13H2,1-2H3. The minimum atomic E-state index is 0.196. The fourth-order valence-electron chi connectivity index (χ4n) is 1.44. The first-order valence-electron chi connectivity index (χ1n) is 5.04. The number of rotatable bonds is 3. The monoisotopic (exact) mass is 316 g/mol. The van der Waals surface area contributed by atoms with Gasteiger partial charge in [0.05, 0.1) is 14.4 Å². The van der Waals surface area contributed by atoms with Gasteiger partial charge >= 0.3 is 0 Å². The molecule has 0 aliphatic rings. The zero-order valence-corrected chi connectivity index (χ0v) is 12.4. The van der Waals surface area contributed by atoms with Crippen LogP contribution in [0.4, 0.5) is 0 Å². The first-order valence-corrected chi connectivity index (χ1v) is 7.46. The van der Waals surface area contributed by atoms with Gasteiger partial charge < -0.3 is 5.73 Å². The number of halogens is 1. The molecule has 0 bridgehead atoms. The van der Waals surface area contributed by atoms with Crippen LogP contribution < -0.4 is 5.73 Å². The number of hydrogen-bond donors (Lipinski definition) is 1. The summed E-state index contributed by atoms with van der Waals surface area (Å²) in [5.41, 5.74) is 6.93. The van der Waals surface area contributed by atoms with Gasteiger partial charge in [0.2, 0.25) is 0 Å². The van der Waals surface area contributed by atoms with Gasteiger partial charge in [-0.25, -0.2) is 4.98 Å². The highest BCUT2D eigenvalue weighted by Crippen LogP contribution is 2.35. The Bertz CT molecular complexity index is 488. The second-order valence-electron chi connectivity index (χ2n) is 3.81. The molecule has 1 atom stereocenters. The van der Waals surface area contributed by atoms with Crippen molar-refractivity contribution in [3.8, 4) is 9.88 Å². The number of aryl methyl sites for hydroxylation is 1. The maximum Gasteiger partial charge on any atom is 0.133 e. The molecular formula is C11H13BrN2S2. The average Bonchev–Trinajstić information content (AvgIpc) is 2.74. The summed E-state index contributed by atoms with van der Waals surface area (Å²) in [6.07, 6.45) is 0.913. The fourth-order valence-corrected chi connectivity index (χ4v) is 4.09. The Hall–Kier alpha value is -0.230. The lowest BCUT2D eigenvalue weighted by atomic mass is 10.2. The van der Waals surface area contributed by atoms with E-state index >= 15 is 0 Å². The Labute approximate surface area is 112 Å². The van der Waals surface area contributed by atoms with Crippen molar-refractivity contribution in [3.63, 3.8) is 0 Å². The predicted molar refractivity (Wildman–Crippen MR) is 75.2 cm³/mol. The number of hydrogen-bond acceptors (Lipinski definition) is 4. The summed E-state index contributed by atoms with van der Waals surface area (Å²) in [5, 5.41) is 1.10. The Morgan fingerprint density at radius 1 is 1.44 bits per heavy atom. The summed E-state index contributed by atoms with van der Waals surface area (Å²) in [7, 11) is 0. The third-order valence-corrected chi connectivity index (χ3v) is 5.16. The van der Waals surface area contributed by atoms with E-state index in [2.05, 4.69) is 40.0 Å². The third kappa shape index (κ3) is 2.71. The van der Waals surface area contributed by atoms with E-state index in [1.807, 2.05) is 6.92 Å². The van der Waals surface area contributed by atoms with Crippen molar-refractivity contribution in [1.29, 1.82) is 0 Å². The van der Waals surface area contributed by atoms with E-state index in [0.717, 1.165) is 20.9 Å². The largest absolute Gasteiger partial charge is 0.328 e. The van der Waals surface area contributed by atoms with E-state index in [4.69, 9.17) is 5.73 Å². The molecule has 2 aromatic rings. The van der Waals surface area contributed by atoms with Gasteiger partial charge in [0, 0.05) is 10.9 Å². The number of nitrogens with two attached hydrogens (primary N) is 1. The van der Waals surface area contributed by atoms with Crippen molar-refractivity contribution in [2.75, 3.05) is 0 Å². The van der Waals surface area contributed by atoms with E-state index in [0.29, 0.717) is 0 Å². The highest BCUT2D eigenvalue weighted by atomic mass is 79.9. The highest BCUT2D eigenvalue weighted by molar-refractivity contribution is 9.11. The van der Waals surface area contributed by atoms with Crippen molar-refractivity contribution in [3.05, 3.63) is 26.5 Å². The van der Waals surface area contributed by atoms with Crippen LogP contribution in [0, 0.1) is 6.92 Å². The molecule has 0 spiro atoms. The second kappa shape index (κ2) is 4.96. The summed E-state index contributed by atoms with van der Waals surface area (Å²) in [4.78, 5) is 7.12. The first-order chi connectivity index (χ1) is 7.56. The SMILES string of the molecule is Cc1nc(-c2ccc(Br)s2)sc1CC(C)N. The molecule has 0 aliphatic carbocycles. The Balaban J connectivity index is 2.30. The molecule has 0 saturated heterocycles. The van der Waals surface area contributed by atoms with Crippen molar-refractivity contribution >= 4 is 38.6 Å². The average molecular weight is 317 g/mol. The first kappa shape index (κ1) is 12.2. The number of aromatic nitrogens is 1. The summed E-state index contributed by atoms with van der Waals surface area (Å²) in [5.74, 6) is 0. The van der Waals surface area contributed by atoms with Gasteiger partial charge in [-0.15, -0.1) is 22.7 Å². The summed E-state index contributed by atoms with van der Waals surface area (Å²) < 4.78 is 1.14. The minimum Gasteiger partial charge on any atom is -0.328 e. The molecule has 0 radical (unpaired) electrons. The van der Waals surface area contributed by atoms with Crippen LogP contribution in [0.25, 0.3) is 9.88 Å². The maximum atomic E-state index is 5.82. The van der Waals surface area contributed by atoms with Crippen LogP contribution in [-0.2, 0) is 6.42 Å². The molecule has 0 aliphatic heterocycles. The molecular weight excluding hydrogens is 304 g/mol. The van der Waals surface area contributed by atoms with Gasteiger partial charge in [0.15, 0.2) is 0 Å². The van der Waals surface area contributed by atoms with Crippen LogP contribution in [0.2, 0.25) is 0 Å². The minimum absolute atomic E-state index is 0.196. The Morgan fingerprint density at radius 2 is 2.19 bits per heavy atom. The topological polar surface area (TPSA) is 38.9 Å². The van der Waals surface area contributed by atoms with E-state index < -0.39 is 0 Å². The second-order valence-corrected chi connectivity index (χ2v) is 7.36. The van der Waals surface area contributed by atoms with Gasteiger partial charge in [-0.3, -0.25) is 0 Å². The van der Waals surface area contributed by atoms with Crippen molar-refractivity contribution in [2.45, 2.75) is 26.3 Å². The van der Waals surface area contributed by atoms with E-state index in [1.165, 1.54) is 9.75 Å². The zero-order chi connectivity index (χ0) is 11.7. The van der Waals surface area contributed by atoms with Gasteiger partial charge in [-0.2, -0.15) is 0 Å². The molecule has 2 N–H and O–H groups in total. The maximum absolute atomic E-state index is 5.82. The summed E-state index contributed by atoms with van der Waals surface area (Å²) >= 11 is 6.94. The van der Waals surface area contributed by atoms with E-state index in [1.54, 1.807) is 22.7 Å². The van der Waals surface area contributed by atoms with Crippen LogP contribution in [0.1, 0.15) is 17.5 Å². The molecule has 0 amide bonds. The lowest BCUT2D eigenvalue weighted by Crippen LogP contribution is -2.17. The lowest BCUT2D eigenvalue weighted by molar-refractivity contribution is 0.742. The smallest absolute Gasteiger partial charge is 0.133 e. The third-order valence-electron chi connectivity index (χ3n) is 2.18. The quantitative estimate of drug-likeness (QED) is 0.934. The van der Waals surface area contributed by atoms with Crippen molar-refractivity contribution < 1.29 is 0 Å². The molecule has 0 aromatic carbocycles. The molecule has 0 saturated carbocycles. The van der Waals surface area contributed by atoms with Gasteiger partial charge in [0.25, 0.3) is 0 Å². The number of nitrogens with zero attached hydrogens (tertiary/aromatic N) is 1. The molecule has 2 rings (SSSR count). The molecule has 16 heavy (non-hydrogen) atoms. The van der Waals surface area contributed by atoms with Crippen LogP contribution in [-0.4, -0.2) is 11.0 Å². The molecule has 2 heterocycles. The number of thiophene rings is 1. The highest BCUT2D eigenvalue weighted by Gasteiger charge is 2.12. The van der Waals surface area contributed by atoms with Crippen LogP contribution in [0.15, 0.2) is 15.9 Å². The molecule has 86 valence electrons. The summed E-state index contributed by atoms with van der Waals surface area (Å²) in [6, 6.07) is 4.35. The fraction of sp³-hybridized carbons (Fsp3) is 0.364. The summed E-state index contributed by atoms with van der Waals surface area (Å²) in [6.45, 7) is 4.08. The Kier molecular flexibility index (Phi) is 3.79. The molecule has 5 heteroatoms. The molecule has 2 aromatic heterocycles. The normalized spacial score (nSPS) is 13.0. The van der Waals surface area contributed by atoms with Gasteiger partial charge in [-0.05, 0) is 48.3 Å². The molecule has 1 unspecified atom stereocenters. The van der Waals surface area contributed by atoms with Crippen LogP contribution in [0.3, 0.4) is 0 Å². The lowest BCUT2D eigenvalue weighted by Gasteiger charge is -2.01. The van der Waals surface area contributed by atoms with E-state index in [-0.39, 0.29) is 6.04 Å². The number of thiazole rings is 1. The van der Waals surface area contributed by atoms with Crippen molar-refractivity contribution in [2.24, 2.45) is 5.73 Å². The van der Waals surface area contributed by atoms with Crippen molar-refractivity contribution in [1.82, 2.24) is 4.98 Å². The molecule has 0 fully saturated rings. The van der Waals surface area contributed by atoms with Gasteiger partial charge in [-0.1, -0.05) is 0 Å². The van der Waals surface area contributed by atoms with Crippen LogP contribution in [0.5, 0.6) is 0 Å².